The van der Waals surface area contributed by atoms with Crippen molar-refractivity contribution >= 4 is 11.6 Å². The molecular formula is C49H62N2O8. The van der Waals surface area contributed by atoms with Crippen molar-refractivity contribution in [1.82, 2.24) is 4.90 Å². The fourth-order valence-electron chi connectivity index (χ4n) is 9.41. The molecule has 1 aliphatic heterocycles. The molecule has 1 saturated carbocycles. The predicted octanol–water partition coefficient (Wildman–Crippen LogP) is 8.58. The van der Waals surface area contributed by atoms with Gasteiger partial charge in [-0.3, -0.25) is 4.79 Å². The first-order valence-corrected chi connectivity index (χ1v) is 21.3. The summed E-state index contributed by atoms with van der Waals surface area (Å²) in [5.74, 6) is 0.380. The van der Waals surface area contributed by atoms with E-state index < -0.39 is 17.7 Å². The summed E-state index contributed by atoms with van der Waals surface area (Å²) in [6.45, 7) is 11.5. The number of aliphatic hydroxyl groups is 2. The van der Waals surface area contributed by atoms with E-state index in [0.29, 0.717) is 56.1 Å². The van der Waals surface area contributed by atoms with Crippen molar-refractivity contribution in [3.8, 4) is 17.2 Å². The lowest BCUT2D eigenvalue weighted by Crippen LogP contribution is -2.70. The third-order valence-corrected chi connectivity index (χ3v) is 11.9. The number of allylic oxidation sites excluding steroid dienone is 1. The van der Waals surface area contributed by atoms with Gasteiger partial charge in [-0.25, -0.2) is 0 Å². The first kappa shape index (κ1) is 43.7. The molecule has 3 aromatic rings. The van der Waals surface area contributed by atoms with Gasteiger partial charge in [0, 0.05) is 37.7 Å². The van der Waals surface area contributed by atoms with Crippen LogP contribution in [-0.2, 0) is 27.4 Å². The van der Waals surface area contributed by atoms with Crippen LogP contribution in [0.3, 0.4) is 0 Å². The maximum atomic E-state index is 14.9. The molecule has 0 aromatic heterocycles. The highest BCUT2D eigenvalue weighted by Crippen LogP contribution is 2.62. The van der Waals surface area contributed by atoms with Gasteiger partial charge >= 0.3 is 0 Å². The van der Waals surface area contributed by atoms with Gasteiger partial charge in [0.1, 0.15) is 36.5 Å². The molecule has 10 nitrogen and oxygen atoms in total. The van der Waals surface area contributed by atoms with Crippen LogP contribution >= 0.6 is 0 Å². The number of oxime groups is 1. The average Bonchev–Trinajstić information content (AvgIpc) is 3.26. The lowest BCUT2D eigenvalue weighted by atomic mass is 9.55. The van der Waals surface area contributed by atoms with Gasteiger partial charge < -0.3 is 38.9 Å². The number of aliphatic hydroxyl groups excluding tert-OH is 2. The van der Waals surface area contributed by atoms with Crippen molar-refractivity contribution in [3.05, 3.63) is 126 Å². The van der Waals surface area contributed by atoms with Crippen LogP contribution in [0.2, 0.25) is 0 Å². The van der Waals surface area contributed by atoms with E-state index in [4.69, 9.17) is 28.9 Å². The van der Waals surface area contributed by atoms with E-state index in [9.17, 15) is 15.0 Å². The average molecular weight is 807 g/mol. The number of methoxy groups -OCH3 is 1. The Bertz CT molecular complexity index is 1910. The molecule has 1 fully saturated rings. The number of nitrogens with zero attached hydrogens (tertiary/aromatic N) is 2. The molecule has 2 N–H and O–H groups in total. The van der Waals surface area contributed by atoms with Gasteiger partial charge in [-0.05, 0) is 91.0 Å². The Morgan fingerprint density at radius 1 is 0.932 bits per heavy atom. The van der Waals surface area contributed by atoms with Crippen molar-refractivity contribution in [1.29, 1.82) is 0 Å². The van der Waals surface area contributed by atoms with Gasteiger partial charge in [0.05, 0.1) is 31.8 Å². The van der Waals surface area contributed by atoms with Gasteiger partial charge in [-0.2, -0.15) is 0 Å². The van der Waals surface area contributed by atoms with Gasteiger partial charge in [-0.1, -0.05) is 92.2 Å². The highest BCUT2D eigenvalue weighted by atomic mass is 16.7. The monoisotopic (exact) mass is 806 g/mol. The standard InChI is InChI=1S/C49H62N2O8/c1-5-24-51(46(54)30-36-18-15-20-38(29-36)55-4)45-33-43(50-58-34-35-16-9-8-10-17-35)41-31-37(19-11-13-25-52)40(21-12-14-26-53)47-42-32-39(56-27-6-2)22-23-44(42)59-49(45,48(41)47)57-28-7-3/h6-10,15-18,20,22-23,29,31-32,37,40,45,47-48,52-53H,2-3,5,11-14,19,21,24-28,30,33-34H2,1,4H3. The highest BCUT2D eigenvalue weighted by molar-refractivity contribution is 6.03. The molecule has 6 atom stereocenters. The Kier molecular flexibility index (Phi) is 15.8. The number of fused-ring (bicyclic) bond motifs is 2. The normalized spacial score (nSPS) is 23.6. The van der Waals surface area contributed by atoms with E-state index >= 15 is 0 Å². The lowest BCUT2D eigenvalue weighted by molar-refractivity contribution is -0.257. The fourth-order valence-corrected chi connectivity index (χ4v) is 9.41. The van der Waals surface area contributed by atoms with Gasteiger partial charge in [0.25, 0.3) is 0 Å². The highest BCUT2D eigenvalue weighted by Gasteiger charge is 2.65. The number of carbonyl (C=O) groups is 1. The van der Waals surface area contributed by atoms with Crippen molar-refractivity contribution in [2.24, 2.45) is 22.9 Å². The number of ether oxygens (including phenoxy) is 4. The van der Waals surface area contributed by atoms with Gasteiger partial charge in [-0.15, -0.1) is 6.58 Å². The molecule has 59 heavy (non-hydrogen) atoms. The second kappa shape index (κ2) is 21.4. The topological polar surface area (TPSA) is 119 Å². The molecule has 0 bridgehead atoms. The molecule has 0 radical (unpaired) electrons. The number of amides is 1. The summed E-state index contributed by atoms with van der Waals surface area (Å²) >= 11 is 0. The van der Waals surface area contributed by atoms with E-state index in [1.54, 1.807) is 19.3 Å². The summed E-state index contributed by atoms with van der Waals surface area (Å²) in [5.41, 5.74) is 4.62. The van der Waals surface area contributed by atoms with Crippen molar-refractivity contribution in [2.75, 3.05) is 40.1 Å². The van der Waals surface area contributed by atoms with Crippen LogP contribution in [-0.4, -0.2) is 78.6 Å². The third-order valence-electron chi connectivity index (χ3n) is 11.9. The first-order chi connectivity index (χ1) is 28.9. The van der Waals surface area contributed by atoms with E-state index in [-0.39, 0.29) is 56.5 Å². The summed E-state index contributed by atoms with van der Waals surface area (Å²) < 4.78 is 26.1. The maximum Gasteiger partial charge on any atom is 0.239 e. The number of unbranched alkanes of at least 4 members (excludes halogenated alkanes) is 2. The number of hydrogen-bond donors (Lipinski definition) is 2. The van der Waals surface area contributed by atoms with Crippen LogP contribution in [0.15, 0.2) is 115 Å². The number of carbonyl (C=O) groups excluding carboxylic acids is 1. The van der Waals surface area contributed by atoms with Crippen LogP contribution in [0.1, 0.15) is 80.9 Å². The molecule has 0 saturated heterocycles. The van der Waals surface area contributed by atoms with Crippen LogP contribution in [0.25, 0.3) is 0 Å². The second-order valence-corrected chi connectivity index (χ2v) is 15.7. The Hall–Kier alpha value is -4.90. The maximum absolute atomic E-state index is 14.9. The quantitative estimate of drug-likeness (QED) is 0.0556. The smallest absolute Gasteiger partial charge is 0.239 e. The predicted molar refractivity (Wildman–Crippen MR) is 231 cm³/mol. The van der Waals surface area contributed by atoms with Crippen LogP contribution in [0.5, 0.6) is 17.2 Å². The van der Waals surface area contributed by atoms with E-state index in [2.05, 4.69) is 32.2 Å². The SMILES string of the molecule is C=CCOc1ccc2c(c1)C1C(CCCCO)C(CCCCO)C=C3C(=NOCc4ccccc4)CC(N(CCC)C(=O)Cc4cccc(OC)c4)C(OCC=C)(O2)C31. The molecule has 3 aliphatic rings. The second-order valence-electron chi connectivity index (χ2n) is 15.7. The number of rotatable bonds is 23. The summed E-state index contributed by atoms with van der Waals surface area (Å²) in [6.07, 6.45) is 11.8. The zero-order chi connectivity index (χ0) is 41.6. The zero-order valence-electron chi connectivity index (χ0n) is 34.8. The molecule has 0 spiro atoms. The molecule has 2 aliphatic carbocycles. The van der Waals surface area contributed by atoms with Gasteiger partial charge in [0.2, 0.25) is 11.7 Å². The first-order valence-electron chi connectivity index (χ1n) is 21.3. The van der Waals surface area contributed by atoms with Crippen molar-refractivity contribution < 1.29 is 38.8 Å². The molecule has 3 aromatic carbocycles. The van der Waals surface area contributed by atoms with Gasteiger partial charge in [0.15, 0.2) is 0 Å². The Balaban J connectivity index is 1.57. The van der Waals surface area contributed by atoms with Crippen LogP contribution < -0.4 is 14.2 Å². The number of benzene rings is 3. The minimum absolute atomic E-state index is 0.0556. The molecule has 316 valence electrons. The number of hydrogen-bond acceptors (Lipinski definition) is 9. The van der Waals surface area contributed by atoms with E-state index in [1.165, 1.54) is 0 Å². The lowest BCUT2D eigenvalue weighted by Gasteiger charge is -2.60. The Morgan fingerprint density at radius 2 is 1.69 bits per heavy atom. The minimum atomic E-state index is -1.33. The van der Waals surface area contributed by atoms with Crippen molar-refractivity contribution in [2.45, 2.75) is 89.1 Å². The van der Waals surface area contributed by atoms with Crippen LogP contribution in [0, 0.1) is 17.8 Å². The molecule has 1 heterocycles. The Morgan fingerprint density at radius 3 is 2.42 bits per heavy atom. The summed E-state index contributed by atoms with van der Waals surface area (Å²) in [5, 5.41) is 24.8. The molecule has 6 rings (SSSR count). The third kappa shape index (κ3) is 10.1. The molecular weight excluding hydrogens is 745 g/mol. The molecule has 10 heteroatoms. The summed E-state index contributed by atoms with van der Waals surface area (Å²) in [4.78, 5) is 23.0. The molecule has 6 unspecified atom stereocenters. The zero-order valence-corrected chi connectivity index (χ0v) is 34.8. The van der Waals surface area contributed by atoms with E-state index in [1.807, 2.05) is 71.6 Å². The van der Waals surface area contributed by atoms with E-state index in [0.717, 1.165) is 53.7 Å². The van der Waals surface area contributed by atoms with Crippen molar-refractivity contribution in [3.63, 3.8) is 0 Å². The summed E-state index contributed by atoms with van der Waals surface area (Å²) in [7, 11) is 1.63. The molecule has 1 amide bonds. The largest absolute Gasteiger partial charge is 0.497 e. The fraction of sp³-hybridized carbons (Fsp3) is 0.469. The minimum Gasteiger partial charge on any atom is -0.497 e. The Labute approximate surface area is 350 Å². The van der Waals surface area contributed by atoms with Crippen LogP contribution in [0.4, 0.5) is 0 Å². The summed E-state index contributed by atoms with van der Waals surface area (Å²) in [6, 6.07) is 23.0.